The second kappa shape index (κ2) is 8.65. The average molecular weight is 416 g/mol. The van der Waals surface area contributed by atoms with Gasteiger partial charge in [-0.05, 0) is 63.6 Å². The lowest BCUT2D eigenvalue weighted by Crippen LogP contribution is -2.32. The Labute approximate surface area is 176 Å². The Morgan fingerprint density at radius 3 is 2.69 bits per heavy atom. The summed E-state index contributed by atoms with van der Waals surface area (Å²) in [4.78, 5) is 15.2. The van der Waals surface area contributed by atoms with E-state index in [1.54, 1.807) is 7.11 Å². The van der Waals surface area contributed by atoms with Crippen molar-refractivity contribution < 1.29 is 9.53 Å². The monoisotopic (exact) mass is 415 g/mol. The van der Waals surface area contributed by atoms with Gasteiger partial charge in [-0.1, -0.05) is 17.8 Å². The third-order valence-corrected chi connectivity index (χ3v) is 6.52. The zero-order valence-electron chi connectivity index (χ0n) is 17.4. The van der Waals surface area contributed by atoms with Crippen molar-refractivity contribution in [1.82, 2.24) is 14.8 Å². The molecule has 1 aliphatic carbocycles. The number of thioether (sulfide) groups is 1. The van der Waals surface area contributed by atoms with E-state index >= 15 is 0 Å². The van der Waals surface area contributed by atoms with E-state index in [1.165, 1.54) is 31.0 Å². The number of piperidine rings is 1. The van der Waals surface area contributed by atoms with Gasteiger partial charge in [-0.2, -0.15) is 0 Å². The summed E-state index contributed by atoms with van der Waals surface area (Å²) in [5.74, 6) is 1.57. The molecule has 0 radical (unpaired) electrons. The fraction of sp³-hybridized carbons (Fsp3) is 0.571. The number of carbonyl (C=O) groups excluding carboxylic acids is 1. The molecule has 2 aliphatic rings. The molecule has 29 heavy (non-hydrogen) atoms. The molecular weight excluding hydrogens is 386 g/mol. The largest absolute Gasteiger partial charge is 0.495 e. The quantitative estimate of drug-likeness (QED) is 0.688. The molecule has 1 unspecified atom stereocenters. The summed E-state index contributed by atoms with van der Waals surface area (Å²) in [5.41, 5.74) is 1.77. The Morgan fingerprint density at radius 2 is 2.00 bits per heavy atom. The fourth-order valence-electron chi connectivity index (χ4n) is 3.68. The van der Waals surface area contributed by atoms with Crippen molar-refractivity contribution in [3.63, 3.8) is 0 Å². The molecule has 156 valence electrons. The van der Waals surface area contributed by atoms with Crippen molar-refractivity contribution in [1.29, 1.82) is 0 Å². The first-order chi connectivity index (χ1) is 14.1. The van der Waals surface area contributed by atoms with Crippen LogP contribution < -0.4 is 15.0 Å². The van der Waals surface area contributed by atoms with Crippen molar-refractivity contribution >= 4 is 29.3 Å². The first kappa shape index (κ1) is 20.1. The van der Waals surface area contributed by atoms with Gasteiger partial charge in [-0.15, -0.1) is 10.2 Å². The standard InChI is InChI=1S/C21H29N5O2S/c1-14-7-10-18(28-3)17(13-14)22-19(27)15(2)29-21-24-23-20(26(21)16-8-9-16)25-11-5-4-6-12-25/h7,10,13,15-16H,4-6,8-9,11-12H2,1-3H3,(H,22,27). The number of benzene rings is 1. The van der Waals surface area contributed by atoms with Crippen LogP contribution in [0.2, 0.25) is 0 Å². The summed E-state index contributed by atoms with van der Waals surface area (Å²) in [7, 11) is 1.61. The lowest BCUT2D eigenvalue weighted by molar-refractivity contribution is -0.115. The zero-order valence-corrected chi connectivity index (χ0v) is 18.2. The summed E-state index contributed by atoms with van der Waals surface area (Å²) < 4.78 is 7.63. The molecule has 0 spiro atoms. The molecule has 0 bridgehead atoms. The highest BCUT2D eigenvalue weighted by atomic mass is 32.2. The molecule has 1 atom stereocenters. The van der Waals surface area contributed by atoms with Crippen LogP contribution in [0.1, 0.15) is 50.6 Å². The Balaban J connectivity index is 1.48. The first-order valence-electron chi connectivity index (χ1n) is 10.4. The van der Waals surface area contributed by atoms with Gasteiger partial charge in [0, 0.05) is 19.1 Å². The Kier molecular flexibility index (Phi) is 5.99. The normalized spacial score (nSPS) is 17.8. The molecule has 7 nitrogen and oxygen atoms in total. The van der Waals surface area contributed by atoms with Crippen LogP contribution in [0, 0.1) is 6.92 Å². The molecule has 8 heteroatoms. The summed E-state index contributed by atoms with van der Waals surface area (Å²) in [6, 6.07) is 6.23. The van der Waals surface area contributed by atoms with E-state index in [9.17, 15) is 4.79 Å². The number of nitrogens with one attached hydrogen (secondary N) is 1. The topological polar surface area (TPSA) is 72.3 Å². The van der Waals surface area contributed by atoms with E-state index in [1.807, 2.05) is 32.0 Å². The number of aromatic nitrogens is 3. The van der Waals surface area contributed by atoms with Crippen LogP contribution >= 0.6 is 11.8 Å². The summed E-state index contributed by atoms with van der Waals surface area (Å²) >= 11 is 1.48. The minimum Gasteiger partial charge on any atom is -0.495 e. The van der Waals surface area contributed by atoms with E-state index in [-0.39, 0.29) is 11.2 Å². The van der Waals surface area contributed by atoms with Crippen LogP contribution in [0.5, 0.6) is 5.75 Å². The van der Waals surface area contributed by atoms with Crippen molar-refractivity contribution in [3.8, 4) is 5.75 Å². The predicted molar refractivity (Wildman–Crippen MR) is 116 cm³/mol. The SMILES string of the molecule is COc1ccc(C)cc1NC(=O)C(C)Sc1nnc(N2CCCCC2)n1C1CC1. The maximum Gasteiger partial charge on any atom is 0.237 e. The maximum atomic E-state index is 12.8. The van der Waals surface area contributed by atoms with Gasteiger partial charge in [0.15, 0.2) is 5.16 Å². The lowest BCUT2D eigenvalue weighted by atomic mass is 10.1. The van der Waals surface area contributed by atoms with Gasteiger partial charge in [0.2, 0.25) is 11.9 Å². The zero-order chi connectivity index (χ0) is 20.4. The molecule has 1 N–H and O–H groups in total. The molecular formula is C21H29N5O2S. The van der Waals surface area contributed by atoms with Gasteiger partial charge in [-0.3, -0.25) is 9.36 Å². The number of ether oxygens (including phenoxy) is 1. The molecule has 1 amide bonds. The minimum absolute atomic E-state index is 0.0660. The third-order valence-electron chi connectivity index (χ3n) is 5.46. The van der Waals surface area contributed by atoms with Gasteiger partial charge in [0.25, 0.3) is 0 Å². The number of methoxy groups -OCH3 is 1. The van der Waals surface area contributed by atoms with E-state index in [0.717, 1.165) is 42.6 Å². The van der Waals surface area contributed by atoms with Gasteiger partial charge < -0.3 is 15.0 Å². The van der Waals surface area contributed by atoms with Crippen LogP contribution in [0.4, 0.5) is 11.6 Å². The number of amides is 1. The van der Waals surface area contributed by atoms with Crippen molar-refractivity contribution in [2.45, 2.75) is 62.4 Å². The van der Waals surface area contributed by atoms with Gasteiger partial charge >= 0.3 is 0 Å². The minimum atomic E-state index is -0.295. The van der Waals surface area contributed by atoms with Gasteiger partial charge in [0.1, 0.15) is 5.75 Å². The van der Waals surface area contributed by atoms with Crippen LogP contribution in [-0.2, 0) is 4.79 Å². The average Bonchev–Trinajstić information content (AvgIpc) is 3.48. The molecule has 1 saturated carbocycles. The highest BCUT2D eigenvalue weighted by Crippen LogP contribution is 2.42. The molecule has 2 heterocycles. The van der Waals surface area contributed by atoms with Crippen molar-refractivity contribution in [2.75, 3.05) is 30.4 Å². The van der Waals surface area contributed by atoms with E-state index < -0.39 is 0 Å². The molecule has 2 aromatic rings. The highest BCUT2D eigenvalue weighted by molar-refractivity contribution is 8.00. The Hall–Kier alpha value is -2.22. The van der Waals surface area contributed by atoms with Gasteiger partial charge in [-0.25, -0.2) is 0 Å². The second-order valence-electron chi connectivity index (χ2n) is 7.88. The molecule has 1 aliphatic heterocycles. The number of hydrogen-bond acceptors (Lipinski definition) is 6. The Morgan fingerprint density at radius 1 is 1.24 bits per heavy atom. The van der Waals surface area contributed by atoms with Crippen molar-refractivity contribution in [2.24, 2.45) is 0 Å². The first-order valence-corrected chi connectivity index (χ1v) is 11.3. The maximum absolute atomic E-state index is 12.8. The smallest absolute Gasteiger partial charge is 0.237 e. The molecule has 1 aromatic heterocycles. The third kappa shape index (κ3) is 4.52. The predicted octanol–water partition coefficient (Wildman–Crippen LogP) is 4.04. The van der Waals surface area contributed by atoms with Crippen LogP contribution in [0.3, 0.4) is 0 Å². The number of nitrogens with zero attached hydrogens (tertiary/aromatic N) is 4. The number of carbonyl (C=O) groups is 1. The molecule has 4 rings (SSSR count). The number of anilines is 2. The van der Waals surface area contributed by atoms with Gasteiger partial charge in [0.05, 0.1) is 18.0 Å². The van der Waals surface area contributed by atoms with E-state index in [4.69, 9.17) is 4.74 Å². The molecule has 1 aromatic carbocycles. The molecule has 2 fully saturated rings. The molecule has 1 saturated heterocycles. The highest BCUT2D eigenvalue weighted by Gasteiger charge is 2.33. The van der Waals surface area contributed by atoms with E-state index in [2.05, 4.69) is 25.0 Å². The number of rotatable bonds is 7. The summed E-state index contributed by atoms with van der Waals surface area (Å²) in [6.45, 7) is 5.99. The van der Waals surface area contributed by atoms with E-state index in [0.29, 0.717) is 17.5 Å². The summed E-state index contributed by atoms with van der Waals surface area (Å²) in [6.07, 6.45) is 6.02. The fourth-order valence-corrected chi connectivity index (χ4v) is 4.59. The Bertz CT molecular complexity index is 874. The van der Waals surface area contributed by atoms with Crippen LogP contribution in [0.15, 0.2) is 23.4 Å². The van der Waals surface area contributed by atoms with Crippen molar-refractivity contribution in [3.05, 3.63) is 23.8 Å². The van der Waals surface area contributed by atoms with Crippen LogP contribution in [0.25, 0.3) is 0 Å². The van der Waals surface area contributed by atoms with Crippen LogP contribution in [-0.4, -0.2) is 46.1 Å². The second-order valence-corrected chi connectivity index (χ2v) is 9.19. The number of hydrogen-bond donors (Lipinski definition) is 1. The lowest BCUT2D eigenvalue weighted by Gasteiger charge is -2.28. The summed E-state index contributed by atoms with van der Waals surface area (Å²) in [5, 5.41) is 12.5. The number of aryl methyl sites for hydroxylation is 1.